The van der Waals surface area contributed by atoms with Gasteiger partial charge in [0, 0.05) is 18.4 Å². The Morgan fingerprint density at radius 1 is 1.14 bits per heavy atom. The number of nitrogens with one attached hydrogen (secondary N) is 3. The molecular formula is C16H18N4O2. The predicted molar refractivity (Wildman–Crippen MR) is 88.9 cm³/mol. The van der Waals surface area contributed by atoms with Crippen molar-refractivity contribution in [2.45, 2.75) is 6.42 Å². The molecule has 0 saturated heterocycles. The van der Waals surface area contributed by atoms with E-state index in [9.17, 15) is 9.59 Å². The van der Waals surface area contributed by atoms with E-state index in [1.54, 1.807) is 37.4 Å². The molecule has 6 heteroatoms. The number of amides is 2. The van der Waals surface area contributed by atoms with Crippen LogP contribution in [0.1, 0.15) is 5.56 Å². The minimum absolute atomic E-state index is 0.122. The van der Waals surface area contributed by atoms with Crippen LogP contribution in [0.2, 0.25) is 0 Å². The molecule has 0 aliphatic rings. The lowest BCUT2D eigenvalue weighted by Crippen LogP contribution is -2.14. The van der Waals surface area contributed by atoms with Crippen LogP contribution in [0.25, 0.3) is 0 Å². The maximum Gasteiger partial charge on any atom is 0.228 e. The number of nitrogens with two attached hydrogens (primary N) is 1. The summed E-state index contributed by atoms with van der Waals surface area (Å²) in [5.41, 5.74) is 9.19. The van der Waals surface area contributed by atoms with Crippen LogP contribution in [-0.4, -0.2) is 19.4 Å². The first kappa shape index (κ1) is 15.4. The number of carbonyl (C=O) groups is 2. The average Bonchev–Trinajstić information content (AvgIpc) is 2.51. The average molecular weight is 298 g/mol. The van der Waals surface area contributed by atoms with Crippen molar-refractivity contribution in [3.63, 3.8) is 0 Å². The zero-order valence-electron chi connectivity index (χ0n) is 12.2. The minimum Gasteiger partial charge on any atom is -0.399 e. The van der Waals surface area contributed by atoms with E-state index in [0.29, 0.717) is 23.5 Å². The van der Waals surface area contributed by atoms with Gasteiger partial charge in [0.05, 0.1) is 17.8 Å². The first-order valence-corrected chi connectivity index (χ1v) is 6.78. The molecule has 6 nitrogen and oxygen atoms in total. The highest BCUT2D eigenvalue weighted by Gasteiger charge is 2.07. The zero-order valence-corrected chi connectivity index (χ0v) is 12.2. The molecular weight excluding hydrogens is 280 g/mol. The van der Waals surface area contributed by atoms with Crippen molar-refractivity contribution in [3.8, 4) is 0 Å². The molecule has 0 aromatic heterocycles. The Morgan fingerprint density at radius 2 is 1.86 bits per heavy atom. The Hall–Kier alpha value is -3.02. The maximum atomic E-state index is 12.0. The topological polar surface area (TPSA) is 96.2 Å². The number of nitrogen functional groups attached to an aromatic ring is 1. The molecule has 2 amide bonds. The van der Waals surface area contributed by atoms with Crippen LogP contribution in [-0.2, 0) is 16.0 Å². The fraction of sp³-hybridized carbons (Fsp3) is 0.125. The molecule has 2 aromatic carbocycles. The molecule has 22 heavy (non-hydrogen) atoms. The lowest BCUT2D eigenvalue weighted by molar-refractivity contribution is -0.115. The lowest BCUT2D eigenvalue weighted by Gasteiger charge is -2.11. The Morgan fingerprint density at radius 3 is 2.50 bits per heavy atom. The second kappa shape index (κ2) is 7.12. The minimum atomic E-state index is -0.122. The van der Waals surface area contributed by atoms with Crippen LogP contribution in [0.5, 0.6) is 0 Å². The van der Waals surface area contributed by atoms with Gasteiger partial charge in [-0.25, -0.2) is 0 Å². The number of hydrogen-bond donors (Lipinski definition) is 4. The van der Waals surface area contributed by atoms with Crippen molar-refractivity contribution in [3.05, 3.63) is 48.0 Å². The van der Waals surface area contributed by atoms with Gasteiger partial charge in [0.1, 0.15) is 0 Å². The molecule has 2 aromatic rings. The number of carbonyl (C=O) groups excluding carboxylic acids is 2. The van der Waals surface area contributed by atoms with Crippen molar-refractivity contribution < 1.29 is 9.59 Å². The van der Waals surface area contributed by atoms with Gasteiger partial charge in [0.15, 0.2) is 0 Å². The van der Waals surface area contributed by atoms with E-state index in [2.05, 4.69) is 16.0 Å². The molecule has 0 aliphatic carbocycles. The summed E-state index contributed by atoms with van der Waals surface area (Å²) < 4.78 is 0. The summed E-state index contributed by atoms with van der Waals surface area (Å²) in [6.07, 6.45) is 0.874. The molecule has 0 spiro atoms. The summed E-state index contributed by atoms with van der Waals surface area (Å²) in [5.74, 6) is -0.122. The molecule has 0 radical (unpaired) electrons. The summed E-state index contributed by atoms with van der Waals surface area (Å²) in [6.45, 7) is 0. The highest BCUT2D eigenvalue weighted by atomic mass is 16.1. The molecule has 0 bridgehead atoms. The third-order valence-electron chi connectivity index (χ3n) is 3.13. The molecule has 0 heterocycles. The summed E-state index contributed by atoms with van der Waals surface area (Å²) in [7, 11) is 1.74. The van der Waals surface area contributed by atoms with Gasteiger partial charge in [-0.05, 0) is 35.9 Å². The molecule has 0 fully saturated rings. The van der Waals surface area contributed by atoms with Crippen molar-refractivity contribution in [2.24, 2.45) is 0 Å². The van der Waals surface area contributed by atoms with Crippen molar-refractivity contribution in [2.75, 3.05) is 28.7 Å². The Bertz CT molecular complexity index is 668. The van der Waals surface area contributed by atoms with Gasteiger partial charge >= 0.3 is 0 Å². The van der Waals surface area contributed by atoms with Crippen molar-refractivity contribution in [1.29, 1.82) is 0 Å². The highest BCUT2D eigenvalue weighted by molar-refractivity contribution is 5.94. The van der Waals surface area contributed by atoms with Gasteiger partial charge in [-0.3, -0.25) is 9.59 Å². The largest absolute Gasteiger partial charge is 0.399 e. The van der Waals surface area contributed by atoms with Crippen molar-refractivity contribution >= 4 is 35.1 Å². The van der Waals surface area contributed by atoms with Crippen LogP contribution >= 0.6 is 0 Å². The molecule has 2 rings (SSSR count). The highest BCUT2D eigenvalue weighted by Crippen LogP contribution is 2.25. The molecule has 5 N–H and O–H groups in total. The monoisotopic (exact) mass is 298 g/mol. The van der Waals surface area contributed by atoms with Gasteiger partial charge in [0.2, 0.25) is 12.3 Å². The summed E-state index contributed by atoms with van der Waals surface area (Å²) in [4.78, 5) is 22.6. The Kier molecular flexibility index (Phi) is 4.98. The molecule has 0 unspecified atom stereocenters. The number of rotatable bonds is 6. The van der Waals surface area contributed by atoms with Crippen molar-refractivity contribution in [1.82, 2.24) is 0 Å². The SMILES string of the molecule is CNc1cc(NC(=O)Cc2ccc(N)cc2)ccc1NC=O. The molecule has 0 aliphatic heterocycles. The van der Waals surface area contributed by atoms with Crippen LogP contribution in [0.4, 0.5) is 22.7 Å². The fourth-order valence-corrected chi connectivity index (χ4v) is 2.04. The van der Waals surface area contributed by atoms with Crippen LogP contribution in [0, 0.1) is 0 Å². The van der Waals surface area contributed by atoms with E-state index >= 15 is 0 Å². The number of benzene rings is 2. The van der Waals surface area contributed by atoms with E-state index in [4.69, 9.17) is 5.73 Å². The van der Waals surface area contributed by atoms with E-state index in [1.165, 1.54) is 0 Å². The van der Waals surface area contributed by atoms with Gasteiger partial charge in [-0.15, -0.1) is 0 Å². The second-order valence-corrected chi connectivity index (χ2v) is 4.74. The molecule has 0 atom stereocenters. The van der Waals surface area contributed by atoms with E-state index < -0.39 is 0 Å². The van der Waals surface area contributed by atoms with Crippen LogP contribution in [0.3, 0.4) is 0 Å². The summed E-state index contributed by atoms with van der Waals surface area (Å²) in [5, 5.41) is 8.37. The third kappa shape index (κ3) is 3.99. The fourth-order valence-electron chi connectivity index (χ4n) is 2.04. The van der Waals surface area contributed by atoms with Crippen LogP contribution < -0.4 is 21.7 Å². The summed E-state index contributed by atoms with van der Waals surface area (Å²) in [6, 6.07) is 12.4. The van der Waals surface area contributed by atoms with E-state index in [1.807, 2.05) is 12.1 Å². The first-order chi connectivity index (χ1) is 10.6. The Labute approximate surface area is 128 Å². The Balaban J connectivity index is 2.04. The molecule has 0 saturated carbocycles. The first-order valence-electron chi connectivity index (χ1n) is 6.78. The van der Waals surface area contributed by atoms with Gasteiger partial charge < -0.3 is 21.7 Å². The lowest BCUT2D eigenvalue weighted by atomic mass is 10.1. The third-order valence-corrected chi connectivity index (χ3v) is 3.13. The second-order valence-electron chi connectivity index (χ2n) is 4.74. The quantitative estimate of drug-likeness (QED) is 0.485. The van der Waals surface area contributed by atoms with Gasteiger partial charge in [-0.1, -0.05) is 12.1 Å². The maximum absolute atomic E-state index is 12.0. The number of anilines is 4. The van der Waals surface area contributed by atoms with Crippen LogP contribution in [0.15, 0.2) is 42.5 Å². The van der Waals surface area contributed by atoms with Gasteiger partial charge in [0.25, 0.3) is 0 Å². The summed E-state index contributed by atoms with van der Waals surface area (Å²) >= 11 is 0. The molecule has 114 valence electrons. The smallest absolute Gasteiger partial charge is 0.228 e. The predicted octanol–water partition coefficient (Wildman–Crippen LogP) is 2.06. The van der Waals surface area contributed by atoms with Gasteiger partial charge in [-0.2, -0.15) is 0 Å². The zero-order chi connectivity index (χ0) is 15.9. The number of hydrogen-bond acceptors (Lipinski definition) is 4. The standard InChI is InChI=1S/C16H18N4O2/c1-18-15-9-13(6-7-14(15)19-10-21)20-16(22)8-11-2-4-12(17)5-3-11/h2-7,9-10,18H,8,17H2,1H3,(H,19,21)(H,20,22). The van der Waals surface area contributed by atoms with E-state index in [0.717, 1.165) is 11.3 Å². The normalized spacial score (nSPS) is 9.86. The van der Waals surface area contributed by atoms with E-state index in [-0.39, 0.29) is 12.3 Å².